The summed E-state index contributed by atoms with van der Waals surface area (Å²) in [5.74, 6) is -0.721. The van der Waals surface area contributed by atoms with E-state index in [-0.39, 0.29) is 30.3 Å². The molecule has 1 aromatic carbocycles. The van der Waals surface area contributed by atoms with E-state index in [4.69, 9.17) is 9.47 Å². The highest BCUT2D eigenvalue weighted by atomic mass is 16.5. The molecule has 3 rings (SSSR count). The molecule has 0 saturated carbocycles. The molecule has 0 radical (unpaired) electrons. The lowest BCUT2D eigenvalue weighted by atomic mass is 10.1. The van der Waals surface area contributed by atoms with Crippen LogP contribution in [0.15, 0.2) is 24.3 Å². The maximum atomic E-state index is 12.1. The van der Waals surface area contributed by atoms with E-state index in [0.29, 0.717) is 6.54 Å². The Morgan fingerprint density at radius 3 is 2.83 bits per heavy atom. The highest BCUT2D eigenvalue weighted by Crippen LogP contribution is 2.26. The Bertz CT molecular complexity index is 566. The second-order valence-corrected chi connectivity index (χ2v) is 6.00. The predicted molar refractivity (Wildman–Crippen MR) is 85.2 cm³/mol. The van der Waals surface area contributed by atoms with Crippen molar-refractivity contribution in [1.29, 1.82) is 0 Å². The number of nitrogens with zero attached hydrogens (tertiary/aromatic N) is 1. The highest BCUT2D eigenvalue weighted by molar-refractivity contribution is 5.99. The van der Waals surface area contributed by atoms with E-state index in [9.17, 15) is 9.59 Å². The Morgan fingerprint density at radius 2 is 2.17 bits per heavy atom. The van der Waals surface area contributed by atoms with Crippen LogP contribution in [0.25, 0.3) is 0 Å². The Labute approximate surface area is 135 Å². The molecule has 1 amide bonds. The summed E-state index contributed by atoms with van der Waals surface area (Å²) >= 11 is 0. The summed E-state index contributed by atoms with van der Waals surface area (Å²) in [6.45, 7) is 2.92. The zero-order valence-electron chi connectivity index (χ0n) is 13.3. The fourth-order valence-corrected chi connectivity index (χ4v) is 3.11. The smallest absolute Gasteiger partial charge is 0.311 e. The maximum absolute atomic E-state index is 12.1. The van der Waals surface area contributed by atoms with Crippen LogP contribution in [0.1, 0.15) is 12.0 Å². The molecule has 1 aromatic rings. The van der Waals surface area contributed by atoms with Gasteiger partial charge in [0.15, 0.2) is 0 Å². The summed E-state index contributed by atoms with van der Waals surface area (Å²) in [7, 11) is 1.35. The van der Waals surface area contributed by atoms with Gasteiger partial charge in [-0.05, 0) is 24.1 Å². The molecule has 0 aliphatic carbocycles. The molecular weight excluding hydrogens is 296 g/mol. The molecule has 0 spiro atoms. The molecule has 124 valence electrons. The van der Waals surface area contributed by atoms with Crippen LogP contribution < -0.4 is 10.2 Å². The van der Waals surface area contributed by atoms with Gasteiger partial charge >= 0.3 is 5.97 Å². The van der Waals surface area contributed by atoms with E-state index >= 15 is 0 Å². The van der Waals surface area contributed by atoms with Crippen LogP contribution in [0.5, 0.6) is 0 Å². The van der Waals surface area contributed by atoms with Crippen LogP contribution in [0.2, 0.25) is 0 Å². The van der Waals surface area contributed by atoms with Gasteiger partial charge in [0.25, 0.3) is 0 Å². The molecule has 6 heteroatoms. The van der Waals surface area contributed by atoms with Gasteiger partial charge in [0, 0.05) is 31.7 Å². The van der Waals surface area contributed by atoms with Gasteiger partial charge < -0.3 is 19.7 Å². The molecule has 2 aliphatic heterocycles. The van der Waals surface area contributed by atoms with Gasteiger partial charge in [0.1, 0.15) is 0 Å². The van der Waals surface area contributed by atoms with Crippen LogP contribution in [-0.2, 0) is 25.5 Å². The Hall–Kier alpha value is -1.92. The van der Waals surface area contributed by atoms with Crippen molar-refractivity contribution in [1.82, 2.24) is 5.32 Å². The average molecular weight is 318 g/mol. The van der Waals surface area contributed by atoms with Gasteiger partial charge in [-0.1, -0.05) is 12.1 Å². The quantitative estimate of drug-likeness (QED) is 0.830. The predicted octanol–water partition coefficient (Wildman–Crippen LogP) is 0.743. The number of rotatable bonds is 4. The second-order valence-electron chi connectivity index (χ2n) is 6.00. The van der Waals surface area contributed by atoms with Crippen molar-refractivity contribution in [3.63, 3.8) is 0 Å². The van der Waals surface area contributed by atoms with Crippen LogP contribution in [-0.4, -0.2) is 51.3 Å². The summed E-state index contributed by atoms with van der Waals surface area (Å²) < 4.78 is 10.4. The lowest BCUT2D eigenvalue weighted by Gasteiger charge is -2.24. The molecule has 0 aromatic heterocycles. The van der Waals surface area contributed by atoms with Crippen molar-refractivity contribution in [2.24, 2.45) is 5.92 Å². The molecule has 1 N–H and O–H groups in total. The normalized spacial score (nSPS) is 24.7. The van der Waals surface area contributed by atoms with E-state index in [1.807, 2.05) is 24.3 Å². The number of amides is 1. The number of carbonyl (C=O) groups is 2. The van der Waals surface area contributed by atoms with Gasteiger partial charge in [-0.25, -0.2) is 0 Å². The fourth-order valence-electron chi connectivity index (χ4n) is 3.11. The zero-order valence-corrected chi connectivity index (χ0v) is 13.3. The van der Waals surface area contributed by atoms with Crippen molar-refractivity contribution in [3.8, 4) is 0 Å². The van der Waals surface area contributed by atoms with Crippen molar-refractivity contribution < 1.29 is 19.1 Å². The lowest BCUT2D eigenvalue weighted by Crippen LogP contribution is -2.39. The number of esters is 1. The number of nitrogens with one attached hydrogen (secondary N) is 1. The van der Waals surface area contributed by atoms with Crippen LogP contribution in [0, 0.1) is 5.92 Å². The van der Waals surface area contributed by atoms with Crippen molar-refractivity contribution >= 4 is 17.6 Å². The van der Waals surface area contributed by atoms with Crippen LogP contribution in [0.3, 0.4) is 0 Å². The van der Waals surface area contributed by atoms with E-state index in [1.165, 1.54) is 12.7 Å². The van der Waals surface area contributed by atoms with E-state index in [0.717, 1.165) is 31.8 Å². The molecule has 2 heterocycles. The Balaban J connectivity index is 1.62. The minimum atomic E-state index is -0.367. The number of anilines is 1. The fraction of sp³-hybridized carbons (Fsp3) is 0.529. The second kappa shape index (κ2) is 7.10. The van der Waals surface area contributed by atoms with Crippen molar-refractivity contribution in [3.05, 3.63) is 29.8 Å². The minimum Gasteiger partial charge on any atom is -0.469 e. The number of carbonyl (C=O) groups excluding carboxylic acids is 2. The van der Waals surface area contributed by atoms with Gasteiger partial charge in [-0.15, -0.1) is 0 Å². The van der Waals surface area contributed by atoms with Gasteiger partial charge in [-0.2, -0.15) is 0 Å². The first-order valence-corrected chi connectivity index (χ1v) is 7.97. The van der Waals surface area contributed by atoms with Gasteiger partial charge in [0.05, 0.1) is 25.7 Å². The van der Waals surface area contributed by atoms with Crippen LogP contribution >= 0.6 is 0 Å². The number of methoxy groups -OCH3 is 1. The summed E-state index contributed by atoms with van der Waals surface area (Å²) in [4.78, 5) is 25.3. The van der Waals surface area contributed by atoms with E-state index in [2.05, 4.69) is 5.32 Å². The maximum Gasteiger partial charge on any atom is 0.311 e. The third-order valence-electron chi connectivity index (χ3n) is 4.38. The minimum absolute atomic E-state index is 0.0343. The first-order valence-electron chi connectivity index (χ1n) is 7.97. The molecule has 2 aliphatic rings. The molecule has 1 unspecified atom stereocenters. The monoisotopic (exact) mass is 318 g/mol. The molecule has 6 nitrogen and oxygen atoms in total. The largest absolute Gasteiger partial charge is 0.469 e. The number of ether oxygens (including phenoxy) is 2. The first-order chi connectivity index (χ1) is 11.2. The standard InChI is InChI=1S/C17H22N2O4/c1-22-17(21)13-9-16(20)19(11-13)14-4-2-12(3-5-14)8-15-10-18-6-7-23-15/h2-5,13,15,18H,6-11H2,1H3/t13-,15?/m0/s1. The average Bonchev–Trinajstić information content (AvgIpc) is 2.98. The summed E-state index contributed by atoms with van der Waals surface area (Å²) in [6, 6.07) is 7.91. The molecule has 0 bridgehead atoms. The Kier molecular flexibility index (Phi) is 4.93. The summed E-state index contributed by atoms with van der Waals surface area (Å²) in [6.07, 6.45) is 1.27. The first kappa shape index (κ1) is 16.0. The summed E-state index contributed by atoms with van der Waals surface area (Å²) in [5.41, 5.74) is 2.01. The Morgan fingerprint density at radius 1 is 1.39 bits per heavy atom. The van der Waals surface area contributed by atoms with Gasteiger partial charge in [0.2, 0.25) is 5.91 Å². The highest BCUT2D eigenvalue weighted by Gasteiger charge is 2.35. The number of hydrogen-bond acceptors (Lipinski definition) is 5. The third-order valence-corrected chi connectivity index (χ3v) is 4.38. The van der Waals surface area contributed by atoms with Crippen molar-refractivity contribution in [2.75, 3.05) is 38.3 Å². The molecule has 2 atom stereocenters. The van der Waals surface area contributed by atoms with Gasteiger partial charge in [-0.3, -0.25) is 9.59 Å². The topological polar surface area (TPSA) is 67.9 Å². The van der Waals surface area contributed by atoms with Crippen molar-refractivity contribution in [2.45, 2.75) is 18.9 Å². The molecular formula is C17H22N2O4. The van der Waals surface area contributed by atoms with Crippen LogP contribution in [0.4, 0.5) is 5.69 Å². The number of hydrogen-bond donors (Lipinski definition) is 1. The third kappa shape index (κ3) is 3.71. The molecule has 23 heavy (non-hydrogen) atoms. The SMILES string of the molecule is COC(=O)[C@H]1CC(=O)N(c2ccc(CC3CNCCO3)cc2)C1. The molecule has 2 fully saturated rings. The molecule has 2 saturated heterocycles. The van der Waals surface area contributed by atoms with E-state index in [1.54, 1.807) is 4.90 Å². The lowest BCUT2D eigenvalue weighted by molar-refractivity contribution is -0.145. The van der Waals surface area contributed by atoms with E-state index < -0.39 is 0 Å². The number of morpholine rings is 1. The zero-order chi connectivity index (χ0) is 16.2. The number of benzene rings is 1. The summed E-state index contributed by atoms with van der Waals surface area (Å²) in [5, 5.41) is 3.32.